The molecule has 1 aliphatic rings. The summed E-state index contributed by atoms with van der Waals surface area (Å²) in [7, 11) is 2.01. The molecule has 0 bridgehead atoms. The largest absolute Gasteiger partial charge is 0.350 e. The molecule has 0 spiro atoms. The summed E-state index contributed by atoms with van der Waals surface area (Å²) in [5.41, 5.74) is 2.38. The number of carbonyl (C=O) groups excluding carboxylic acids is 1. The van der Waals surface area contributed by atoms with Crippen molar-refractivity contribution in [3.63, 3.8) is 0 Å². The van der Waals surface area contributed by atoms with E-state index >= 15 is 0 Å². The Bertz CT molecular complexity index is 704. The highest BCUT2D eigenvalue weighted by Gasteiger charge is 2.28. The van der Waals surface area contributed by atoms with Crippen LogP contribution in [0.25, 0.3) is 0 Å². The molecule has 0 saturated carbocycles. The average Bonchev–Trinajstić information content (AvgIpc) is 2.70. The topological polar surface area (TPSA) is 35.6 Å². The SMILES string of the molecule is CCN(C)C(C(=O)NC1CCCN(Cc2ccccc2)C1)c1ccccc1. The Hall–Kier alpha value is -2.17. The van der Waals surface area contributed by atoms with E-state index in [9.17, 15) is 4.79 Å². The Morgan fingerprint density at radius 1 is 1.15 bits per heavy atom. The molecule has 0 radical (unpaired) electrons. The fourth-order valence-electron chi connectivity index (χ4n) is 3.86. The van der Waals surface area contributed by atoms with Crippen LogP contribution in [-0.2, 0) is 11.3 Å². The lowest BCUT2D eigenvalue weighted by Crippen LogP contribution is -2.50. The zero-order valence-electron chi connectivity index (χ0n) is 16.5. The quantitative estimate of drug-likeness (QED) is 0.816. The summed E-state index contributed by atoms with van der Waals surface area (Å²) < 4.78 is 0. The summed E-state index contributed by atoms with van der Waals surface area (Å²) in [6.45, 7) is 5.88. The lowest BCUT2D eigenvalue weighted by atomic mass is 10.0. The van der Waals surface area contributed by atoms with Gasteiger partial charge in [-0.3, -0.25) is 14.6 Å². The number of amides is 1. The molecule has 1 heterocycles. The fourth-order valence-corrected chi connectivity index (χ4v) is 3.86. The molecule has 1 aliphatic heterocycles. The number of piperidine rings is 1. The Kier molecular flexibility index (Phi) is 7.02. The lowest BCUT2D eigenvalue weighted by molar-refractivity contribution is -0.127. The molecule has 1 fully saturated rings. The molecule has 144 valence electrons. The molecule has 2 atom stereocenters. The molecule has 4 nitrogen and oxygen atoms in total. The summed E-state index contributed by atoms with van der Waals surface area (Å²) in [5, 5.41) is 3.33. The van der Waals surface area contributed by atoms with E-state index in [0.717, 1.165) is 44.6 Å². The maximum Gasteiger partial charge on any atom is 0.242 e. The van der Waals surface area contributed by atoms with Gasteiger partial charge in [-0.25, -0.2) is 0 Å². The number of hydrogen-bond acceptors (Lipinski definition) is 3. The summed E-state index contributed by atoms with van der Waals surface area (Å²) in [6, 6.07) is 20.6. The number of carbonyl (C=O) groups is 1. The summed E-state index contributed by atoms with van der Waals surface area (Å²) in [6.07, 6.45) is 2.17. The van der Waals surface area contributed by atoms with Crippen LogP contribution in [-0.4, -0.2) is 48.4 Å². The second-order valence-corrected chi connectivity index (χ2v) is 7.45. The van der Waals surface area contributed by atoms with E-state index in [0.29, 0.717) is 0 Å². The minimum Gasteiger partial charge on any atom is -0.350 e. The predicted octanol–water partition coefficient (Wildman–Crippen LogP) is 3.46. The van der Waals surface area contributed by atoms with Gasteiger partial charge >= 0.3 is 0 Å². The normalized spacial score (nSPS) is 19.0. The van der Waals surface area contributed by atoms with Gasteiger partial charge in [-0.2, -0.15) is 0 Å². The van der Waals surface area contributed by atoms with Gasteiger partial charge in [-0.15, -0.1) is 0 Å². The van der Waals surface area contributed by atoms with E-state index in [1.807, 2.05) is 37.4 Å². The van der Waals surface area contributed by atoms with E-state index in [-0.39, 0.29) is 18.0 Å². The van der Waals surface area contributed by atoms with E-state index in [4.69, 9.17) is 0 Å². The molecule has 2 aromatic rings. The molecular weight excluding hydrogens is 334 g/mol. The summed E-state index contributed by atoms with van der Waals surface area (Å²) >= 11 is 0. The van der Waals surface area contributed by atoms with Crippen molar-refractivity contribution < 1.29 is 4.79 Å². The van der Waals surface area contributed by atoms with Crippen LogP contribution in [0.2, 0.25) is 0 Å². The van der Waals surface area contributed by atoms with Crippen molar-refractivity contribution in [1.29, 1.82) is 0 Å². The summed E-state index contributed by atoms with van der Waals surface area (Å²) in [4.78, 5) is 17.7. The van der Waals surface area contributed by atoms with Crippen LogP contribution >= 0.6 is 0 Å². The first kappa shape index (κ1) is 19.6. The van der Waals surface area contributed by atoms with Crippen LogP contribution in [0.15, 0.2) is 60.7 Å². The number of nitrogens with one attached hydrogen (secondary N) is 1. The van der Waals surface area contributed by atoms with Crippen molar-refractivity contribution in [2.24, 2.45) is 0 Å². The van der Waals surface area contributed by atoms with E-state index in [1.54, 1.807) is 0 Å². The monoisotopic (exact) mass is 365 g/mol. The Balaban J connectivity index is 1.63. The van der Waals surface area contributed by atoms with Crippen molar-refractivity contribution in [2.45, 2.75) is 38.4 Å². The molecule has 4 heteroatoms. The van der Waals surface area contributed by atoms with Crippen LogP contribution in [0.5, 0.6) is 0 Å². The molecular formula is C23H31N3O. The third kappa shape index (κ3) is 5.41. The highest BCUT2D eigenvalue weighted by Crippen LogP contribution is 2.21. The van der Waals surface area contributed by atoms with Gasteiger partial charge in [0.2, 0.25) is 5.91 Å². The molecule has 2 aromatic carbocycles. The molecule has 0 aliphatic carbocycles. The Morgan fingerprint density at radius 2 is 1.81 bits per heavy atom. The van der Waals surface area contributed by atoms with Gasteiger partial charge in [-0.05, 0) is 44.1 Å². The highest BCUT2D eigenvalue weighted by molar-refractivity contribution is 5.83. The standard InChI is InChI=1S/C23H31N3O/c1-3-25(2)22(20-13-8-5-9-14-20)23(27)24-21-15-10-16-26(18-21)17-19-11-6-4-7-12-19/h4-9,11-14,21-22H,3,10,15-18H2,1-2H3,(H,24,27). The number of benzene rings is 2. The molecule has 27 heavy (non-hydrogen) atoms. The second-order valence-electron chi connectivity index (χ2n) is 7.45. The van der Waals surface area contributed by atoms with Crippen molar-refractivity contribution in [3.05, 3.63) is 71.8 Å². The van der Waals surface area contributed by atoms with Gasteiger partial charge in [0, 0.05) is 19.1 Å². The third-order valence-electron chi connectivity index (χ3n) is 5.40. The first-order valence-corrected chi connectivity index (χ1v) is 9.99. The van der Waals surface area contributed by atoms with Gasteiger partial charge in [-0.1, -0.05) is 67.6 Å². The summed E-state index contributed by atoms with van der Waals surface area (Å²) in [5.74, 6) is 0.108. The van der Waals surface area contributed by atoms with Crippen LogP contribution < -0.4 is 5.32 Å². The predicted molar refractivity (Wildman–Crippen MR) is 110 cm³/mol. The van der Waals surface area contributed by atoms with Gasteiger partial charge in [0.1, 0.15) is 6.04 Å². The van der Waals surface area contributed by atoms with Crippen LogP contribution in [0.1, 0.15) is 36.9 Å². The van der Waals surface area contributed by atoms with Crippen molar-refractivity contribution >= 4 is 5.91 Å². The van der Waals surface area contributed by atoms with Crippen LogP contribution in [0, 0.1) is 0 Å². The first-order chi connectivity index (χ1) is 13.2. The van der Waals surface area contributed by atoms with Gasteiger partial charge < -0.3 is 5.32 Å². The maximum absolute atomic E-state index is 13.1. The number of rotatable bonds is 7. The van der Waals surface area contributed by atoms with Crippen molar-refractivity contribution in [1.82, 2.24) is 15.1 Å². The van der Waals surface area contributed by atoms with E-state index in [1.165, 1.54) is 5.56 Å². The van der Waals surface area contributed by atoms with E-state index in [2.05, 4.69) is 52.4 Å². The number of likely N-dealkylation sites (tertiary alicyclic amines) is 1. The van der Waals surface area contributed by atoms with Crippen molar-refractivity contribution in [3.8, 4) is 0 Å². The molecule has 1 saturated heterocycles. The highest BCUT2D eigenvalue weighted by atomic mass is 16.2. The second kappa shape index (κ2) is 9.67. The zero-order chi connectivity index (χ0) is 19.1. The Morgan fingerprint density at radius 3 is 2.48 bits per heavy atom. The number of likely N-dealkylation sites (N-methyl/N-ethyl adjacent to an activating group) is 1. The molecule has 2 unspecified atom stereocenters. The van der Waals surface area contributed by atoms with Crippen LogP contribution in [0.3, 0.4) is 0 Å². The fraction of sp³-hybridized carbons (Fsp3) is 0.435. The molecule has 1 N–H and O–H groups in total. The van der Waals surface area contributed by atoms with Crippen molar-refractivity contribution in [2.75, 3.05) is 26.7 Å². The number of hydrogen-bond donors (Lipinski definition) is 1. The minimum atomic E-state index is -0.235. The molecule has 1 amide bonds. The zero-order valence-corrected chi connectivity index (χ0v) is 16.5. The van der Waals surface area contributed by atoms with Gasteiger partial charge in [0.25, 0.3) is 0 Å². The lowest BCUT2D eigenvalue weighted by Gasteiger charge is -2.35. The van der Waals surface area contributed by atoms with Gasteiger partial charge in [0.15, 0.2) is 0 Å². The average molecular weight is 366 g/mol. The van der Waals surface area contributed by atoms with E-state index < -0.39 is 0 Å². The van der Waals surface area contributed by atoms with Crippen LogP contribution in [0.4, 0.5) is 0 Å². The smallest absolute Gasteiger partial charge is 0.242 e. The Labute approximate surface area is 163 Å². The minimum absolute atomic E-state index is 0.108. The first-order valence-electron chi connectivity index (χ1n) is 9.99. The number of nitrogens with zero attached hydrogens (tertiary/aromatic N) is 2. The molecule has 0 aromatic heterocycles. The van der Waals surface area contributed by atoms with Gasteiger partial charge in [0.05, 0.1) is 0 Å². The third-order valence-corrected chi connectivity index (χ3v) is 5.40. The maximum atomic E-state index is 13.1. The molecule has 3 rings (SSSR count).